The van der Waals surface area contributed by atoms with E-state index in [2.05, 4.69) is 26.2 Å². The van der Waals surface area contributed by atoms with E-state index in [0.29, 0.717) is 32.3 Å². The molecule has 0 amide bonds. The molecular weight excluding hydrogens is 605 g/mol. The Bertz CT molecular complexity index is 1230. The average Bonchev–Trinajstić information content (AvgIpc) is 3.40. The topological polar surface area (TPSA) is 83.9 Å². The van der Waals surface area contributed by atoms with Crippen molar-refractivity contribution in [2.24, 2.45) is 4.99 Å². The molecule has 0 saturated carbocycles. The number of carbonyl (C=O) groups is 2. The van der Waals surface area contributed by atoms with Crippen LogP contribution in [0.25, 0.3) is 0 Å². The Labute approximate surface area is 235 Å². The van der Waals surface area contributed by atoms with Crippen LogP contribution in [-0.2, 0) is 14.3 Å². The van der Waals surface area contributed by atoms with Gasteiger partial charge < -0.3 is 14.8 Å². The van der Waals surface area contributed by atoms with Crippen LogP contribution >= 0.6 is 39.0 Å². The van der Waals surface area contributed by atoms with Crippen molar-refractivity contribution in [2.45, 2.75) is 37.8 Å². The zero-order chi connectivity index (χ0) is 27.3. The minimum atomic E-state index is -2.89. The van der Waals surface area contributed by atoms with Crippen molar-refractivity contribution < 1.29 is 27.5 Å². The Kier molecular flexibility index (Phi) is 9.66. The van der Waals surface area contributed by atoms with E-state index in [1.165, 1.54) is 41.3 Å². The second-order valence-electron chi connectivity index (χ2n) is 8.78. The number of rotatable bonds is 10. The number of carbonyl (C=O) groups excluding carboxylic acids is 2. The van der Waals surface area contributed by atoms with E-state index in [4.69, 9.17) is 9.73 Å². The fraction of sp³-hybridized carbons (Fsp3) is 0.440. The molecule has 1 saturated heterocycles. The second-order valence-corrected chi connectivity index (χ2v) is 11.6. The number of alkyl halides is 2. The van der Waals surface area contributed by atoms with Crippen molar-refractivity contribution in [3.63, 3.8) is 0 Å². The van der Waals surface area contributed by atoms with Gasteiger partial charge in [0.05, 0.1) is 18.7 Å². The summed E-state index contributed by atoms with van der Waals surface area (Å²) in [4.78, 5) is 34.9. The zero-order valence-electron chi connectivity index (χ0n) is 20.5. The van der Waals surface area contributed by atoms with Crippen molar-refractivity contribution in [2.75, 3.05) is 31.2 Å². The molecule has 2 aliphatic rings. The molecule has 2 atom stereocenters. The summed E-state index contributed by atoms with van der Waals surface area (Å²) in [6, 6.07) is 2.96. The number of esters is 1. The van der Waals surface area contributed by atoms with Crippen LogP contribution < -0.4 is 5.32 Å². The molecule has 2 aliphatic heterocycles. The first-order valence-corrected chi connectivity index (χ1v) is 14.8. The number of piperidine rings is 1. The lowest BCUT2D eigenvalue weighted by atomic mass is 9.94. The van der Waals surface area contributed by atoms with E-state index in [0.717, 1.165) is 6.29 Å². The number of nitrogens with zero attached hydrogens (tertiary/aromatic N) is 3. The lowest BCUT2D eigenvalue weighted by Gasteiger charge is -2.40. The first kappa shape index (κ1) is 28.8. The SMILES string of the molecule is CCOC(=O)C1=C(CN2CC(F)(F)CCC2CSCC=O)NC(c2nccs2)=N[C@H]1c1ccc(F)cc1Br. The minimum Gasteiger partial charge on any atom is -0.463 e. The smallest absolute Gasteiger partial charge is 0.338 e. The molecular formula is C25H26BrF3N4O3S2. The molecule has 13 heteroatoms. The number of hydrogen-bond acceptors (Lipinski definition) is 9. The van der Waals surface area contributed by atoms with Gasteiger partial charge in [-0.25, -0.2) is 22.9 Å². The van der Waals surface area contributed by atoms with Crippen molar-refractivity contribution in [3.8, 4) is 0 Å². The molecule has 4 rings (SSSR count). The maximum atomic E-state index is 14.6. The molecule has 0 bridgehead atoms. The van der Waals surface area contributed by atoms with Crippen molar-refractivity contribution in [3.05, 3.63) is 61.9 Å². The predicted molar refractivity (Wildman–Crippen MR) is 145 cm³/mol. The predicted octanol–water partition coefficient (Wildman–Crippen LogP) is 4.98. The largest absolute Gasteiger partial charge is 0.463 e. The molecule has 7 nitrogen and oxygen atoms in total. The van der Waals surface area contributed by atoms with Gasteiger partial charge in [0.25, 0.3) is 5.92 Å². The molecule has 1 unspecified atom stereocenters. The maximum absolute atomic E-state index is 14.6. The number of likely N-dealkylation sites (tertiary alicyclic amines) is 1. The Morgan fingerprint density at radius 2 is 2.24 bits per heavy atom. The van der Waals surface area contributed by atoms with Crippen LogP contribution in [0.2, 0.25) is 0 Å². The quantitative estimate of drug-likeness (QED) is 0.225. The van der Waals surface area contributed by atoms with Gasteiger partial charge in [-0.15, -0.1) is 11.3 Å². The van der Waals surface area contributed by atoms with E-state index in [-0.39, 0.29) is 43.4 Å². The highest BCUT2D eigenvalue weighted by molar-refractivity contribution is 9.10. The second kappa shape index (κ2) is 12.8. The summed E-state index contributed by atoms with van der Waals surface area (Å²) in [7, 11) is 0. The molecule has 1 N–H and O–H groups in total. The molecule has 3 heterocycles. The number of thioether (sulfide) groups is 1. The highest BCUT2D eigenvalue weighted by Gasteiger charge is 2.42. The number of benzene rings is 1. The summed E-state index contributed by atoms with van der Waals surface area (Å²) in [5, 5.41) is 5.50. The minimum absolute atomic E-state index is 0.00420. The standard InChI is InChI=1S/C25H26BrF3N4O3S2/c1-2-36-24(35)20-19(12-33-14-25(28,29)6-5-16(33)13-37-10-8-34)31-22(23-30-7-9-38-23)32-21(20)17-4-3-15(27)11-18(17)26/h3-4,7-9,11,16,21H,2,5-6,10,12-14H2,1H3,(H,31,32)/t16?,21-/m0/s1. The molecule has 1 aromatic carbocycles. The van der Waals surface area contributed by atoms with E-state index in [9.17, 15) is 22.8 Å². The number of thiazole rings is 1. The van der Waals surface area contributed by atoms with Crippen LogP contribution in [0.5, 0.6) is 0 Å². The number of amidine groups is 1. The lowest BCUT2D eigenvalue weighted by molar-refractivity contribution is -0.139. The maximum Gasteiger partial charge on any atom is 0.338 e. The summed E-state index contributed by atoms with van der Waals surface area (Å²) in [6.45, 7) is 1.28. The van der Waals surface area contributed by atoms with E-state index in [1.54, 1.807) is 23.4 Å². The molecule has 2 aromatic rings. The van der Waals surface area contributed by atoms with Crippen LogP contribution in [0, 0.1) is 5.82 Å². The van der Waals surface area contributed by atoms with Gasteiger partial charge in [-0.1, -0.05) is 22.0 Å². The van der Waals surface area contributed by atoms with Crippen LogP contribution in [0.3, 0.4) is 0 Å². The highest BCUT2D eigenvalue weighted by Crippen LogP contribution is 2.38. The van der Waals surface area contributed by atoms with Gasteiger partial charge >= 0.3 is 5.97 Å². The van der Waals surface area contributed by atoms with Crippen LogP contribution in [-0.4, -0.2) is 71.1 Å². The number of aldehydes is 1. The third kappa shape index (κ3) is 6.85. The molecule has 1 aromatic heterocycles. The highest BCUT2D eigenvalue weighted by atomic mass is 79.9. The lowest BCUT2D eigenvalue weighted by Crippen LogP contribution is -2.52. The fourth-order valence-corrected chi connectivity index (χ4v) is 6.50. The van der Waals surface area contributed by atoms with Crippen LogP contribution in [0.15, 0.2) is 50.5 Å². The number of ether oxygens (including phenoxy) is 1. The summed E-state index contributed by atoms with van der Waals surface area (Å²) in [6.07, 6.45) is 2.41. The first-order valence-electron chi connectivity index (χ1n) is 12.0. The van der Waals surface area contributed by atoms with Gasteiger partial charge in [-0.2, -0.15) is 11.8 Å². The van der Waals surface area contributed by atoms with E-state index >= 15 is 0 Å². The Balaban J connectivity index is 1.79. The van der Waals surface area contributed by atoms with Gasteiger partial charge in [0.1, 0.15) is 18.1 Å². The normalized spacial score (nSPS) is 21.6. The summed E-state index contributed by atoms with van der Waals surface area (Å²) in [5.74, 6) is -2.86. The Morgan fingerprint density at radius 1 is 1.42 bits per heavy atom. The van der Waals surface area contributed by atoms with E-state index in [1.807, 2.05) is 0 Å². The monoisotopic (exact) mass is 630 g/mol. The molecule has 1 fully saturated rings. The van der Waals surface area contributed by atoms with Gasteiger partial charge in [0, 0.05) is 52.3 Å². The third-order valence-corrected chi connectivity index (χ3v) is 8.62. The van der Waals surface area contributed by atoms with Gasteiger partial charge in [-0.3, -0.25) is 9.89 Å². The summed E-state index contributed by atoms with van der Waals surface area (Å²) in [5.41, 5.74) is 1.05. The van der Waals surface area contributed by atoms with Crippen LogP contribution in [0.1, 0.15) is 36.4 Å². The fourth-order valence-electron chi connectivity index (χ4n) is 4.46. The number of nitrogens with one attached hydrogen (secondary N) is 1. The third-order valence-electron chi connectivity index (χ3n) is 6.16. The summed E-state index contributed by atoms with van der Waals surface area (Å²) >= 11 is 6.10. The molecule has 0 spiro atoms. The van der Waals surface area contributed by atoms with Crippen molar-refractivity contribution in [1.29, 1.82) is 0 Å². The average molecular weight is 632 g/mol. The summed E-state index contributed by atoms with van der Waals surface area (Å²) < 4.78 is 48.8. The Hall–Kier alpha value is -2.22. The number of halogens is 4. The number of aromatic nitrogens is 1. The first-order chi connectivity index (χ1) is 18.2. The van der Waals surface area contributed by atoms with Crippen molar-refractivity contribution >= 4 is 57.1 Å². The molecule has 0 radical (unpaired) electrons. The molecule has 38 heavy (non-hydrogen) atoms. The number of aliphatic imine (C=N–C) groups is 1. The molecule has 0 aliphatic carbocycles. The van der Waals surface area contributed by atoms with E-state index < -0.39 is 30.3 Å². The molecule has 204 valence electrons. The van der Waals surface area contributed by atoms with Crippen molar-refractivity contribution in [1.82, 2.24) is 15.2 Å². The van der Waals surface area contributed by atoms with Gasteiger partial charge in [0.15, 0.2) is 10.8 Å². The number of hydrogen-bond donors (Lipinski definition) is 1. The zero-order valence-corrected chi connectivity index (χ0v) is 23.7. The van der Waals surface area contributed by atoms with Gasteiger partial charge in [0.2, 0.25) is 0 Å². The van der Waals surface area contributed by atoms with Crippen LogP contribution in [0.4, 0.5) is 13.2 Å². The van der Waals surface area contributed by atoms with Gasteiger partial charge in [-0.05, 0) is 31.0 Å². The Morgan fingerprint density at radius 3 is 2.92 bits per heavy atom.